The minimum absolute atomic E-state index is 0. The molecule has 0 aliphatic heterocycles. The van der Waals surface area contributed by atoms with E-state index in [4.69, 9.17) is 10.5 Å². The standard InChI is InChI=1S/C17H28N4O.HI/c1-17(2,3)22-15-11-7-10-14(20-15)12-19-16(18)21-13-8-5-4-6-9-13;/h7,10-11,13H,4-6,8-9,12H2,1-3H3,(H3,18,19,21);1H. The van der Waals surface area contributed by atoms with Gasteiger partial charge in [0, 0.05) is 12.1 Å². The van der Waals surface area contributed by atoms with Gasteiger partial charge in [-0.2, -0.15) is 0 Å². The molecule has 2 rings (SSSR count). The highest BCUT2D eigenvalue weighted by Gasteiger charge is 2.14. The van der Waals surface area contributed by atoms with Crippen LogP contribution in [-0.4, -0.2) is 22.6 Å². The Morgan fingerprint density at radius 2 is 2.00 bits per heavy atom. The average Bonchev–Trinajstić information content (AvgIpc) is 2.45. The molecule has 1 saturated carbocycles. The van der Waals surface area contributed by atoms with Gasteiger partial charge >= 0.3 is 0 Å². The van der Waals surface area contributed by atoms with Crippen LogP contribution in [0.3, 0.4) is 0 Å². The molecule has 130 valence electrons. The van der Waals surface area contributed by atoms with Crippen LogP contribution in [0.2, 0.25) is 0 Å². The molecular formula is C17H29IN4O. The van der Waals surface area contributed by atoms with E-state index in [0.29, 0.717) is 24.4 Å². The number of aliphatic imine (C=N–C) groups is 1. The van der Waals surface area contributed by atoms with Crippen molar-refractivity contribution in [2.24, 2.45) is 10.7 Å². The Bertz CT molecular complexity index is 508. The molecule has 6 heteroatoms. The van der Waals surface area contributed by atoms with E-state index in [1.807, 2.05) is 39.0 Å². The quantitative estimate of drug-likeness (QED) is 0.433. The van der Waals surface area contributed by atoms with E-state index >= 15 is 0 Å². The first kappa shape index (κ1) is 20.0. The first-order valence-electron chi connectivity index (χ1n) is 8.14. The van der Waals surface area contributed by atoms with Crippen LogP contribution in [0.15, 0.2) is 23.2 Å². The van der Waals surface area contributed by atoms with E-state index in [0.717, 1.165) is 5.69 Å². The highest BCUT2D eigenvalue weighted by molar-refractivity contribution is 14.0. The van der Waals surface area contributed by atoms with E-state index in [1.54, 1.807) is 0 Å². The first-order chi connectivity index (χ1) is 10.4. The van der Waals surface area contributed by atoms with Gasteiger partial charge < -0.3 is 15.8 Å². The summed E-state index contributed by atoms with van der Waals surface area (Å²) in [6.45, 7) is 6.48. The number of guanidine groups is 1. The van der Waals surface area contributed by atoms with Gasteiger partial charge in [-0.25, -0.2) is 9.98 Å². The second kappa shape index (κ2) is 9.30. The third kappa shape index (κ3) is 7.85. The molecule has 0 radical (unpaired) electrons. The average molecular weight is 432 g/mol. The highest BCUT2D eigenvalue weighted by Crippen LogP contribution is 2.17. The molecule has 1 aliphatic carbocycles. The Hall–Kier alpha value is -1.05. The van der Waals surface area contributed by atoms with Crippen molar-refractivity contribution >= 4 is 29.9 Å². The van der Waals surface area contributed by atoms with Crippen molar-refractivity contribution < 1.29 is 4.74 Å². The van der Waals surface area contributed by atoms with Crippen LogP contribution in [0.4, 0.5) is 0 Å². The summed E-state index contributed by atoms with van der Waals surface area (Å²) >= 11 is 0. The summed E-state index contributed by atoms with van der Waals surface area (Å²) in [5.74, 6) is 1.13. The monoisotopic (exact) mass is 432 g/mol. The number of pyridine rings is 1. The number of hydrogen-bond acceptors (Lipinski definition) is 3. The fourth-order valence-electron chi connectivity index (χ4n) is 2.58. The minimum Gasteiger partial charge on any atom is -0.472 e. The Morgan fingerprint density at radius 1 is 1.30 bits per heavy atom. The van der Waals surface area contributed by atoms with Crippen molar-refractivity contribution in [3.8, 4) is 5.88 Å². The fourth-order valence-corrected chi connectivity index (χ4v) is 2.58. The Kier molecular flexibility index (Phi) is 8.08. The normalized spacial score (nSPS) is 16.6. The van der Waals surface area contributed by atoms with Crippen molar-refractivity contribution in [3.63, 3.8) is 0 Å². The summed E-state index contributed by atoms with van der Waals surface area (Å²) in [7, 11) is 0. The summed E-state index contributed by atoms with van der Waals surface area (Å²) in [6, 6.07) is 6.21. The minimum atomic E-state index is -0.254. The number of halogens is 1. The third-order valence-electron chi connectivity index (χ3n) is 3.56. The summed E-state index contributed by atoms with van der Waals surface area (Å²) in [6.07, 6.45) is 6.25. The smallest absolute Gasteiger partial charge is 0.214 e. The van der Waals surface area contributed by atoms with Crippen LogP contribution in [0.5, 0.6) is 5.88 Å². The van der Waals surface area contributed by atoms with Gasteiger partial charge in [-0.15, -0.1) is 24.0 Å². The highest BCUT2D eigenvalue weighted by atomic mass is 127. The van der Waals surface area contributed by atoms with E-state index < -0.39 is 0 Å². The summed E-state index contributed by atoms with van der Waals surface area (Å²) in [5, 5.41) is 3.31. The van der Waals surface area contributed by atoms with Crippen molar-refractivity contribution in [2.45, 2.75) is 71.1 Å². The van der Waals surface area contributed by atoms with Gasteiger partial charge in [-0.05, 0) is 39.7 Å². The van der Waals surface area contributed by atoms with Crippen LogP contribution in [-0.2, 0) is 6.54 Å². The molecule has 0 unspecified atom stereocenters. The lowest BCUT2D eigenvalue weighted by Crippen LogP contribution is -2.41. The van der Waals surface area contributed by atoms with E-state index in [2.05, 4.69) is 15.3 Å². The number of ether oxygens (including phenoxy) is 1. The molecule has 0 bridgehead atoms. The number of nitrogens with zero attached hydrogens (tertiary/aromatic N) is 2. The lowest BCUT2D eigenvalue weighted by Gasteiger charge is -2.23. The number of rotatable bonds is 4. The maximum Gasteiger partial charge on any atom is 0.214 e. The van der Waals surface area contributed by atoms with Gasteiger partial charge in [-0.1, -0.05) is 25.3 Å². The van der Waals surface area contributed by atoms with Gasteiger partial charge in [0.1, 0.15) is 5.60 Å². The van der Waals surface area contributed by atoms with Gasteiger partial charge in [0.05, 0.1) is 12.2 Å². The molecule has 1 heterocycles. The molecule has 0 saturated heterocycles. The molecule has 23 heavy (non-hydrogen) atoms. The van der Waals surface area contributed by atoms with E-state index in [9.17, 15) is 0 Å². The molecule has 0 aromatic carbocycles. The maximum atomic E-state index is 5.97. The van der Waals surface area contributed by atoms with Crippen LogP contribution >= 0.6 is 24.0 Å². The van der Waals surface area contributed by atoms with Crippen molar-refractivity contribution in [1.29, 1.82) is 0 Å². The molecule has 0 amide bonds. The lowest BCUT2D eigenvalue weighted by molar-refractivity contribution is 0.124. The Balaban J connectivity index is 0.00000264. The number of aromatic nitrogens is 1. The summed E-state index contributed by atoms with van der Waals surface area (Å²) in [5.41, 5.74) is 6.58. The van der Waals surface area contributed by atoms with Crippen molar-refractivity contribution in [2.75, 3.05) is 0 Å². The SMILES string of the molecule is CC(C)(C)Oc1cccc(CN=C(N)NC2CCCCC2)n1.I. The maximum absolute atomic E-state index is 5.97. The zero-order valence-corrected chi connectivity index (χ0v) is 16.7. The molecular weight excluding hydrogens is 403 g/mol. The zero-order valence-electron chi connectivity index (χ0n) is 14.3. The fraction of sp³-hybridized carbons (Fsp3) is 0.647. The molecule has 0 spiro atoms. The Labute approximate surface area is 156 Å². The first-order valence-corrected chi connectivity index (χ1v) is 8.14. The predicted molar refractivity (Wildman–Crippen MR) is 105 cm³/mol. The number of nitrogens with one attached hydrogen (secondary N) is 1. The molecule has 5 nitrogen and oxygen atoms in total. The lowest BCUT2D eigenvalue weighted by atomic mass is 9.96. The topological polar surface area (TPSA) is 72.5 Å². The van der Waals surface area contributed by atoms with Gasteiger partial charge in [0.2, 0.25) is 5.88 Å². The zero-order chi connectivity index (χ0) is 16.0. The van der Waals surface area contributed by atoms with E-state index in [1.165, 1.54) is 32.1 Å². The predicted octanol–water partition coefficient (Wildman–Crippen LogP) is 3.61. The number of nitrogens with two attached hydrogens (primary N) is 1. The third-order valence-corrected chi connectivity index (χ3v) is 3.56. The molecule has 0 atom stereocenters. The molecule has 1 aromatic rings. The molecule has 3 N–H and O–H groups in total. The number of hydrogen-bond donors (Lipinski definition) is 2. The molecule has 1 aromatic heterocycles. The van der Waals surface area contributed by atoms with E-state index in [-0.39, 0.29) is 29.6 Å². The van der Waals surface area contributed by atoms with Gasteiger partial charge in [0.15, 0.2) is 5.96 Å². The van der Waals surface area contributed by atoms with Gasteiger partial charge in [0.25, 0.3) is 0 Å². The van der Waals surface area contributed by atoms with Crippen molar-refractivity contribution in [3.05, 3.63) is 23.9 Å². The summed E-state index contributed by atoms with van der Waals surface area (Å²) in [4.78, 5) is 8.86. The molecule has 1 fully saturated rings. The van der Waals surface area contributed by atoms with Gasteiger partial charge in [-0.3, -0.25) is 0 Å². The van der Waals surface area contributed by atoms with Crippen LogP contribution in [0, 0.1) is 0 Å². The van der Waals surface area contributed by atoms with Crippen LogP contribution in [0.25, 0.3) is 0 Å². The second-order valence-corrected chi connectivity index (χ2v) is 6.86. The van der Waals surface area contributed by atoms with Crippen molar-refractivity contribution in [1.82, 2.24) is 10.3 Å². The second-order valence-electron chi connectivity index (χ2n) is 6.86. The van der Waals surface area contributed by atoms with Crippen LogP contribution in [0.1, 0.15) is 58.6 Å². The van der Waals surface area contributed by atoms with Crippen LogP contribution < -0.4 is 15.8 Å². The summed E-state index contributed by atoms with van der Waals surface area (Å²) < 4.78 is 5.76. The Morgan fingerprint density at radius 3 is 2.65 bits per heavy atom. The molecule has 1 aliphatic rings. The largest absolute Gasteiger partial charge is 0.472 e.